The van der Waals surface area contributed by atoms with E-state index >= 15 is 0 Å². The van der Waals surface area contributed by atoms with E-state index in [2.05, 4.69) is 9.72 Å². The molecule has 1 rings (SSSR count). The first kappa shape index (κ1) is 14.5. The molecule has 0 radical (unpaired) electrons. The first-order chi connectivity index (χ1) is 8.65. The third-order valence-electron chi connectivity index (χ3n) is 2.66. The van der Waals surface area contributed by atoms with Crippen molar-refractivity contribution in [3.8, 4) is 0 Å². The highest BCUT2D eigenvalue weighted by atomic mass is 16.5. The first-order valence-electron chi connectivity index (χ1n) is 6.16. The highest BCUT2D eigenvalue weighted by molar-refractivity contribution is 5.92. The van der Waals surface area contributed by atoms with Gasteiger partial charge in [0.1, 0.15) is 11.6 Å². The number of nitrogen functional groups attached to an aromatic ring is 1. The monoisotopic (exact) mass is 255 g/mol. The van der Waals surface area contributed by atoms with Gasteiger partial charge in [-0.15, -0.1) is 0 Å². The van der Waals surface area contributed by atoms with Gasteiger partial charge in [0.2, 0.25) is 0 Å². The van der Waals surface area contributed by atoms with Gasteiger partial charge in [-0.1, -0.05) is 6.92 Å². The Kier molecular flexibility index (Phi) is 5.64. The fourth-order valence-electron chi connectivity index (χ4n) is 1.75. The topological polar surface area (TPSA) is 79.4 Å². The second-order valence-electron chi connectivity index (χ2n) is 3.81. The number of esters is 1. The quantitative estimate of drug-likeness (QED) is 0.585. The minimum absolute atomic E-state index is 0.200. The van der Waals surface area contributed by atoms with Crippen LogP contribution in [0, 0.1) is 0 Å². The average Bonchev–Trinajstić information content (AvgIpc) is 2.71. The summed E-state index contributed by atoms with van der Waals surface area (Å²) in [5.41, 5.74) is 6.13. The van der Waals surface area contributed by atoms with Crippen LogP contribution in [0.25, 0.3) is 0 Å². The van der Waals surface area contributed by atoms with Crippen molar-refractivity contribution in [3.63, 3.8) is 0 Å². The standard InChI is InChI=1S/C12H21N3O3/c1-4-9-14-10(12(16)17-3)11(13)15(9)7-6-8-18-5-2/h4-8,13H2,1-3H3. The van der Waals surface area contributed by atoms with Crippen molar-refractivity contribution in [2.75, 3.05) is 26.1 Å². The van der Waals surface area contributed by atoms with Crippen molar-refractivity contribution in [2.24, 2.45) is 0 Å². The number of carbonyl (C=O) groups excluding carboxylic acids is 1. The number of nitrogens with zero attached hydrogens (tertiary/aromatic N) is 2. The Bertz CT molecular complexity index is 402. The van der Waals surface area contributed by atoms with Crippen molar-refractivity contribution in [2.45, 2.75) is 33.2 Å². The molecule has 0 atom stereocenters. The lowest BCUT2D eigenvalue weighted by Crippen LogP contribution is -2.10. The third-order valence-corrected chi connectivity index (χ3v) is 2.66. The molecule has 102 valence electrons. The predicted molar refractivity (Wildman–Crippen MR) is 68.5 cm³/mol. The van der Waals surface area contributed by atoms with Gasteiger partial charge in [0.05, 0.1) is 7.11 Å². The minimum atomic E-state index is -0.495. The molecule has 0 aliphatic rings. The molecule has 2 N–H and O–H groups in total. The lowest BCUT2D eigenvalue weighted by atomic mass is 10.4. The fourth-order valence-corrected chi connectivity index (χ4v) is 1.75. The summed E-state index contributed by atoms with van der Waals surface area (Å²) < 4.78 is 11.8. The number of ether oxygens (including phenoxy) is 2. The molecule has 0 aliphatic heterocycles. The van der Waals surface area contributed by atoms with E-state index in [9.17, 15) is 4.79 Å². The van der Waals surface area contributed by atoms with Gasteiger partial charge in [0.25, 0.3) is 0 Å². The summed E-state index contributed by atoms with van der Waals surface area (Å²) in [6, 6.07) is 0. The maximum atomic E-state index is 11.5. The number of carbonyl (C=O) groups is 1. The number of hydrogen-bond donors (Lipinski definition) is 1. The molecule has 0 spiro atoms. The van der Waals surface area contributed by atoms with Gasteiger partial charge in [0.15, 0.2) is 5.69 Å². The molecule has 0 aromatic carbocycles. The third kappa shape index (κ3) is 3.22. The van der Waals surface area contributed by atoms with Crippen molar-refractivity contribution < 1.29 is 14.3 Å². The smallest absolute Gasteiger partial charge is 0.360 e. The highest BCUT2D eigenvalue weighted by Crippen LogP contribution is 2.16. The van der Waals surface area contributed by atoms with Crippen molar-refractivity contribution >= 4 is 11.8 Å². The van der Waals surface area contributed by atoms with E-state index in [1.165, 1.54) is 7.11 Å². The van der Waals surface area contributed by atoms with Crippen molar-refractivity contribution in [1.29, 1.82) is 0 Å². The summed E-state index contributed by atoms with van der Waals surface area (Å²) in [6.45, 7) is 6.00. The van der Waals surface area contributed by atoms with Gasteiger partial charge < -0.3 is 19.8 Å². The molecule has 0 unspecified atom stereocenters. The molecule has 0 bridgehead atoms. The Morgan fingerprint density at radius 2 is 2.17 bits per heavy atom. The van der Waals surface area contributed by atoms with Gasteiger partial charge >= 0.3 is 5.97 Å². The van der Waals surface area contributed by atoms with Crippen LogP contribution in [-0.4, -0.2) is 35.8 Å². The number of nitrogens with two attached hydrogens (primary N) is 1. The Hall–Kier alpha value is -1.56. The molecule has 0 aliphatic carbocycles. The number of methoxy groups -OCH3 is 1. The Balaban J connectivity index is 2.82. The molecule has 6 heteroatoms. The Labute approximate surface area is 107 Å². The molecule has 1 aromatic rings. The second kappa shape index (κ2) is 7.00. The van der Waals surface area contributed by atoms with Crippen LogP contribution in [0.2, 0.25) is 0 Å². The van der Waals surface area contributed by atoms with Gasteiger partial charge in [-0.25, -0.2) is 9.78 Å². The zero-order valence-corrected chi connectivity index (χ0v) is 11.2. The zero-order chi connectivity index (χ0) is 13.5. The summed E-state index contributed by atoms with van der Waals surface area (Å²) in [4.78, 5) is 15.7. The first-order valence-corrected chi connectivity index (χ1v) is 6.16. The zero-order valence-electron chi connectivity index (χ0n) is 11.2. The molecule has 0 saturated heterocycles. The number of hydrogen-bond acceptors (Lipinski definition) is 5. The summed E-state index contributed by atoms with van der Waals surface area (Å²) in [7, 11) is 1.32. The molecular weight excluding hydrogens is 234 g/mol. The summed E-state index contributed by atoms with van der Waals surface area (Å²) in [5.74, 6) is 0.672. The van der Waals surface area contributed by atoms with E-state index in [0.717, 1.165) is 18.7 Å². The molecule has 1 aromatic heterocycles. The number of rotatable bonds is 7. The van der Waals surface area contributed by atoms with E-state index in [1.807, 2.05) is 18.4 Å². The lowest BCUT2D eigenvalue weighted by molar-refractivity contribution is 0.0595. The van der Waals surface area contributed by atoms with Gasteiger partial charge in [-0.3, -0.25) is 0 Å². The van der Waals surface area contributed by atoms with Crippen LogP contribution in [0.3, 0.4) is 0 Å². The number of imidazole rings is 1. The number of anilines is 1. The van der Waals surface area contributed by atoms with E-state index in [1.54, 1.807) is 0 Å². The van der Waals surface area contributed by atoms with Crippen LogP contribution in [0.5, 0.6) is 0 Å². The van der Waals surface area contributed by atoms with Gasteiger partial charge in [0, 0.05) is 26.2 Å². The summed E-state index contributed by atoms with van der Waals surface area (Å²) in [5, 5.41) is 0. The van der Waals surface area contributed by atoms with Crippen LogP contribution < -0.4 is 5.73 Å². The van der Waals surface area contributed by atoms with Crippen molar-refractivity contribution in [1.82, 2.24) is 9.55 Å². The van der Waals surface area contributed by atoms with Gasteiger partial charge in [-0.2, -0.15) is 0 Å². The van der Waals surface area contributed by atoms with Crippen LogP contribution in [0.1, 0.15) is 36.6 Å². The van der Waals surface area contributed by atoms with Gasteiger partial charge in [-0.05, 0) is 13.3 Å². The Morgan fingerprint density at radius 3 is 2.72 bits per heavy atom. The predicted octanol–water partition coefficient (Wildman–Crippen LogP) is 1.24. The molecule has 18 heavy (non-hydrogen) atoms. The normalized spacial score (nSPS) is 10.6. The maximum Gasteiger partial charge on any atom is 0.360 e. The van der Waals surface area contributed by atoms with Crippen LogP contribution in [-0.2, 0) is 22.4 Å². The molecular formula is C12H21N3O3. The fraction of sp³-hybridized carbons (Fsp3) is 0.667. The maximum absolute atomic E-state index is 11.5. The van der Waals surface area contributed by atoms with E-state index in [0.29, 0.717) is 25.6 Å². The number of aryl methyl sites for hydroxylation is 1. The van der Waals surface area contributed by atoms with Crippen LogP contribution >= 0.6 is 0 Å². The summed E-state index contributed by atoms with van der Waals surface area (Å²) in [6.07, 6.45) is 1.55. The van der Waals surface area contributed by atoms with Crippen LogP contribution in [0.4, 0.5) is 5.82 Å². The molecule has 6 nitrogen and oxygen atoms in total. The van der Waals surface area contributed by atoms with E-state index < -0.39 is 5.97 Å². The number of aromatic nitrogens is 2. The average molecular weight is 255 g/mol. The summed E-state index contributed by atoms with van der Waals surface area (Å²) >= 11 is 0. The Morgan fingerprint density at radius 1 is 1.44 bits per heavy atom. The van der Waals surface area contributed by atoms with Crippen molar-refractivity contribution in [3.05, 3.63) is 11.5 Å². The van der Waals surface area contributed by atoms with Crippen LogP contribution in [0.15, 0.2) is 0 Å². The lowest BCUT2D eigenvalue weighted by Gasteiger charge is -2.08. The second-order valence-corrected chi connectivity index (χ2v) is 3.81. The van der Waals surface area contributed by atoms with E-state index in [-0.39, 0.29) is 5.69 Å². The SMILES string of the molecule is CCOCCCn1c(CC)nc(C(=O)OC)c1N. The largest absolute Gasteiger partial charge is 0.464 e. The molecule has 0 amide bonds. The highest BCUT2D eigenvalue weighted by Gasteiger charge is 2.19. The molecule has 0 fully saturated rings. The molecule has 1 heterocycles. The minimum Gasteiger partial charge on any atom is -0.464 e. The molecule has 0 saturated carbocycles. The van der Waals surface area contributed by atoms with E-state index in [4.69, 9.17) is 10.5 Å².